The Balaban J connectivity index is 1.67. The zero-order valence-electron chi connectivity index (χ0n) is 17.4. The first-order valence-electron chi connectivity index (χ1n) is 10.7. The van der Waals surface area contributed by atoms with E-state index >= 15 is 0 Å². The van der Waals surface area contributed by atoms with Crippen LogP contribution in [0.25, 0.3) is 0 Å². The van der Waals surface area contributed by atoms with E-state index in [0.717, 1.165) is 24.8 Å². The van der Waals surface area contributed by atoms with Crippen molar-refractivity contribution in [2.24, 2.45) is 5.92 Å². The molecule has 158 valence electrons. The molecule has 0 saturated carbocycles. The van der Waals surface area contributed by atoms with Gasteiger partial charge >= 0.3 is 0 Å². The Morgan fingerprint density at radius 1 is 0.935 bits per heavy atom. The molecule has 0 spiro atoms. The summed E-state index contributed by atoms with van der Waals surface area (Å²) >= 11 is 0. The molecule has 1 amide bonds. The number of piperidine rings is 1. The summed E-state index contributed by atoms with van der Waals surface area (Å²) in [7, 11) is 1.75. The van der Waals surface area contributed by atoms with E-state index in [2.05, 4.69) is 41.4 Å². The summed E-state index contributed by atoms with van der Waals surface area (Å²) in [6.45, 7) is 0. The molecule has 5 rings (SSSR count). The summed E-state index contributed by atoms with van der Waals surface area (Å²) in [6, 6.07) is 22.0. The van der Waals surface area contributed by atoms with Crippen LogP contribution < -0.4 is 10.4 Å². The van der Waals surface area contributed by atoms with Crippen LogP contribution in [0.2, 0.25) is 0 Å². The summed E-state index contributed by atoms with van der Waals surface area (Å²) in [5.41, 5.74) is 1.92. The summed E-state index contributed by atoms with van der Waals surface area (Å²) in [5.74, 6) is -0.517. The van der Waals surface area contributed by atoms with Crippen LogP contribution in [-0.2, 0) is 6.42 Å². The second kappa shape index (κ2) is 7.61. The van der Waals surface area contributed by atoms with Gasteiger partial charge in [0, 0.05) is 19.3 Å². The predicted octanol–water partition coefficient (Wildman–Crippen LogP) is 3.30. The van der Waals surface area contributed by atoms with E-state index in [1.165, 1.54) is 11.6 Å². The van der Waals surface area contributed by atoms with Gasteiger partial charge in [-0.3, -0.25) is 19.3 Å². The minimum atomic E-state index is -0.541. The van der Waals surface area contributed by atoms with E-state index in [1.807, 2.05) is 24.3 Å². The Morgan fingerprint density at radius 2 is 1.61 bits per heavy atom. The number of hydrogen-bond donors (Lipinski definition) is 1. The lowest BCUT2D eigenvalue weighted by Gasteiger charge is -2.54. The number of carbonyl (C=O) groups excluding carboxylic acids is 1. The topological polar surface area (TPSA) is 65.8 Å². The lowest BCUT2D eigenvalue weighted by atomic mass is 9.80. The van der Waals surface area contributed by atoms with Gasteiger partial charge in [-0.05, 0) is 36.3 Å². The maximum absolute atomic E-state index is 13.0. The molecule has 3 aromatic rings. The molecule has 0 radical (unpaired) electrons. The average Bonchev–Trinajstić information content (AvgIpc) is 2.80. The second-order valence-corrected chi connectivity index (χ2v) is 8.38. The molecule has 3 atom stereocenters. The standard InChI is InChI=1S/C25H25N3O3/c1-26-21-13-12-19(16-17-8-4-2-5-9-17)22(18-10-6-3-7-11-18)28(21)27-15-14-20(29)24(30)23(27)25(26)31/h2-11,14-15,19,21-22,30H,12-13,16H2,1H3. The van der Waals surface area contributed by atoms with Gasteiger partial charge in [-0.25, -0.2) is 0 Å². The van der Waals surface area contributed by atoms with Crippen molar-refractivity contribution in [3.05, 3.63) is 100.0 Å². The van der Waals surface area contributed by atoms with Crippen LogP contribution in [0.1, 0.15) is 40.5 Å². The number of hydrogen-bond acceptors (Lipinski definition) is 4. The SMILES string of the molecule is CN1C(=O)c2c(O)c(=O)ccn2N2C(c3ccccc3)C(Cc3ccccc3)CCC12. The fourth-order valence-corrected chi connectivity index (χ4v) is 5.12. The molecule has 3 unspecified atom stereocenters. The number of nitrogens with zero attached hydrogens (tertiary/aromatic N) is 3. The van der Waals surface area contributed by atoms with Gasteiger partial charge in [0.2, 0.25) is 5.43 Å². The summed E-state index contributed by atoms with van der Waals surface area (Å²) in [6.07, 6.45) is 4.16. The smallest absolute Gasteiger partial charge is 0.277 e. The van der Waals surface area contributed by atoms with Crippen molar-refractivity contribution < 1.29 is 9.90 Å². The molecule has 1 aromatic heterocycles. The highest BCUT2D eigenvalue weighted by molar-refractivity contribution is 5.96. The highest BCUT2D eigenvalue weighted by Crippen LogP contribution is 2.42. The fourth-order valence-electron chi connectivity index (χ4n) is 5.12. The molecule has 6 heteroatoms. The molecule has 2 aliphatic heterocycles. The van der Waals surface area contributed by atoms with Crippen molar-refractivity contribution in [3.8, 4) is 5.75 Å². The Bertz CT molecular complexity index is 1160. The number of aromatic hydroxyl groups is 1. The molecular formula is C25H25N3O3. The summed E-state index contributed by atoms with van der Waals surface area (Å²) in [5, 5.41) is 12.6. The zero-order chi connectivity index (χ0) is 21.5. The van der Waals surface area contributed by atoms with Crippen LogP contribution in [0.5, 0.6) is 5.75 Å². The maximum atomic E-state index is 13.0. The quantitative estimate of drug-likeness (QED) is 0.713. The van der Waals surface area contributed by atoms with Crippen molar-refractivity contribution in [1.29, 1.82) is 0 Å². The van der Waals surface area contributed by atoms with Gasteiger partial charge < -0.3 is 10.0 Å². The van der Waals surface area contributed by atoms with Gasteiger partial charge in [0.1, 0.15) is 6.17 Å². The molecule has 0 bridgehead atoms. The van der Waals surface area contributed by atoms with E-state index in [1.54, 1.807) is 22.8 Å². The number of amides is 1. The number of pyridine rings is 1. The third kappa shape index (κ3) is 3.19. The first-order valence-corrected chi connectivity index (χ1v) is 10.7. The Kier molecular flexibility index (Phi) is 4.77. The lowest BCUT2D eigenvalue weighted by Crippen LogP contribution is -2.64. The largest absolute Gasteiger partial charge is 0.502 e. The van der Waals surface area contributed by atoms with Gasteiger partial charge in [0.15, 0.2) is 11.4 Å². The molecule has 2 aliphatic rings. The van der Waals surface area contributed by atoms with Crippen molar-refractivity contribution in [2.45, 2.75) is 31.5 Å². The van der Waals surface area contributed by atoms with Crippen molar-refractivity contribution >= 4 is 5.91 Å². The highest BCUT2D eigenvalue weighted by Gasteiger charge is 2.46. The minimum absolute atomic E-state index is 0.0173. The Hall–Kier alpha value is -3.54. The van der Waals surface area contributed by atoms with Gasteiger partial charge in [-0.15, -0.1) is 0 Å². The fraction of sp³-hybridized carbons (Fsp3) is 0.280. The van der Waals surface area contributed by atoms with Crippen molar-refractivity contribution in [1.82, 2.24) is 9.58 Å². The van der Waals surface area contributed by atoms with Crippen molar-refractivity contribution in [2.75, 3.05) is 12.1 Å². The molecule has 6 nitrogen and oxygen atoms in total. The van der Waals surface area contributed by atoms with Crippen molar-refractivity contribution in [3.63, 3.8) is 0 Å². The molecule has 1 fully saturated rings. The normalized spacial score (nSPS) is 22.7. The Morgan fingerprint density at radius 3 is 2.32 bits per heavy atom. The molecule has 0 aliphatic carbocycles. The number of carbonyl (C=O) groups is 1. The first kappa shape index (κ1) is 19.4. The molecule has 2 aromatic carbocycles. The third-order valence-electron chi connectivity index (χ3n) is 6.59. The molecule has 1 N–H and O–H groups in total. The first-order chi connectivity index (χ1) is 15.1. The van der Waals surface area contributed by atoms with Gasteiger partial charge in [-0.2, -0.15) is 0 Å². The van der Waals surface area contributed by atoms with E-state index in [9.17, 15) is 14.7 Å². The van der Waals surface area contributed by atoms with E-state index in [-0.39, 0.29) is 23.8 Å². The van der Waals surface area contributed by atoms with Gasteiger partial charge in [0.05, 0.1) is 6.04 Å². The van der Waals surface area contributed by atoms with E-state index in [0.29, 0.717) is 5.92 Å². The van der Waals surface area contributed by atoms with Crippen LogP contribution in [0.4, 0.5) is 0 Å². The average molecular weight is 415 g/mol. The monoisotopic (exact) mass is 415 g/mol. The van der Waals surface area contributed by atoms with Crippen LogP contribution in [-0.4, -0.2) is 33.8 Å². The van der Waals surface area contributed by atoms with E-state index in [4.69, 9.17) is 0 Å². The second-order valence-electron chi connectivity index (χ2n) is 8.38. The number of rotatable bonds is 3. The third-order valence-corrected chi connectivity index (χ3v) is 6.59. The molecular weight excluding hydrogens is 390 g/mol. The highest BCUT2D eigenvalue weighted by atomic mass is 16.3. The number of benzene rings is 2. The van der Waals surface area contributed by atoms with E-state index < -0.39 is 11.2 Å². The van der Waals surface area contributed by atoms with Crippen LogP contribution in [0, 0.1) is 5.92 Å². The maximum Gasteiger partial charge on any atom is 0.277 e. The zero-order valence-corrected chi connectivity index (χ0v) is 17.4. The Labute approximate surface area is 180 Å². The van der Waals surface area contributed by atoms with Gasteiger partial charge in [0.25, 0.3) is 5.91 Å². The lowest BCUT2D eigenvalue weighted by molar-refractivity contribution is 0.0493. The predicted molar refractivity (Wildman–Crippen MR) is 119 cm³/mol. The van der Waals surface area contributed by atoms with Crippen LogP contribution in [0.15, 0.2) is 77.7 Å². The molecule has 1 saturated heterocycles. The summed E-state index contributed by atoms with van der Waals surface area (Å²) < 4.78 is 1.71. The molecule has 3 heterocycles. The number of aromatic nitrogens is 1. The minimum Gasteiger partial charge on any atom is -0.502 e. The number of fused-ring (bicyclic) bond motifs is 3. The summed E-state index contributed by atoms with van der Waals surface area (Å²) in [4.78, 5) is 26.8. The van der Waals surface area contributed by atoms with Gasteiger partial charge in [-0.1, -0.05) is 60.7 Å². The molecule has 31 heavy (non-hydrogen) atoms. The van der Waals surface area contributed by atoms with Crippen LogP contribution in [0.3, 0.4) is 0 Å². The van der Waals surface area contributed by atoms with Crippen LogP contribution >= 0.6 is 0 Å².